The number of benzene rings is 1. The van der Waals surface area contributed by atoms with Crippen LogP contribution in [0.15, 0.2) is 41.3 Å². The lowest BCUT2D eigenvalue weighted by Crippen LogP contribution is -2.18. The molecule has 6 heteroatoms. The summed E-state index contributed by atoms with van der Waals surface area (Å²) in [5.74, 6) is -1.41. The van der Waals surface area contributed by atoms with Gasteiger partial charge in [0, 0.05) is 24.4 Å². The molecule has 0 aliphatic heterocycles. The van der Waals surface area contributed by atoms with Crippen LogP contribution in [0, 0.1) is 0 Å². The molecule has 3 N–H and O–H groups in total. The fourth-order valence-corrected chi connectivity index (χ4v) is 1.79. The number of amides is 1. The summed E-state index contributed by atoms with van der Waals surface area (Å²) in [5, 5.41) is 11.4. The molecule has 0 saturated carbocycles. The molecule has 0 bridgehead atoms. The van der Waals surface area contributed by atoms with Crippen molar-refractivity contribution in [2.75, 3.05) is 7.05 Å². The Morgan fingerprint density at radius 1 is 1.20 bits per heavy atom. The minimum absolute atomic E-state index is 0.0232. The van der Waals surface area contributed by atoms with Gasteiger partial charge in [-0.1, -0.05) is 12.1 Å². The maximum absolute atomic E-state index is 11.8. The summed E-state index contributed by atoms with van der Waals surface area (Å²) in [4.78, 5) is 36.7. The summed E-state index contributed by atoms with van der Waals surface area (Å²) >= 11 is 0. The lowest BCUT2D eigenvalue weighted by atomic mass is 10.0. The van der Waals surface area contributed by atoms with Gasteiger partial charge in [-0.3, -0.25) is 9.59 Å². The van der Waals surface area contributed by atoms with E-state index in [2.05, 4.69) is 10.3 Å². The van der Waals surface area contributed by atoms with Gasteiger partial charge in [0.05, 0.1) is 5.56 Å². The highest BCUT2D eigenvalue weighted by molar-refractivity contribution is 5.95. The Morgan fingerprint density at radius 2 is 1.95 bits per heavy atom. The zero-order valence-electron chi connectivity index (χ0n) is 10.6. The molecule has 1 amide bonds. The Morgan fingerprint density at radius 3 is 2.60 bits per heavy atom. The van der Waals surface area contributed by atoms with E-state index >= 15 is 0 Å². The van der Waals surface area contributed by atoms with Crippen LogP contribution in [0.3, 0.4) is 0 Å². The van der Waals surface area contributed by atoms with Crippen LogP contribution < -0.4 is 10.9 Å². The van der Waals surface area contributed by atoms with Gasteiger partial charge in [0.1, 0.15) is 0 Å². The lowest BCUT2D eigenvalue weighted by Gasteiger charge is -2.05. The van der Waals surface area contributed by atoms with Gasteiger partial charge >= 0.3 is 5.97 Å². The Hall–Kier alpha value is -2.89. The number of rotatable bonds is 3. The Bertz CT molecular complexity index is 734. The van der Waals surface area contributed by atoms with Crippen molar-refractivity contribution >= 4 is 11.9 Å². The van der Waals surface area contributed by atoms with Gasteiger partial charge in [0.25, 0.3) is 11.5 Å². The van der Waals surface area contributed by atoms with Crippen molar-refractivity contribution < 1.29 is 14.7 Å². The van der Waals surface area contributed by atoms with E-state index < -0.39 is 11.5 Å². The second-order valence-corrected chi connectivity index (χ2v) is 4.10. The third-order valence-electron chi connectivity index (χ3n) is 2.81. The molecule has 2 rings (SSSR count). The van der Waals surface area contributed by atoms with Gasteiger partial charge in [-0.05, 0) is 23.8 Å². The fraction of sp³-hybridized carbons (Fsp3) is 0.0714. The van der Waals surface area contributed by atoms with E-state index in [4.69, 9.17) is 5.11 Å². The molecule has 0 radical (unpaired) electrons. The molecule has 0 atom stereocenters. The number of nitrogens with one attached hydrogen (secondary N) is 2. The second-order valence-electron chi connectivity index (χ2n) is 4.10. The van der Waals surface area contributed by atoms with Crippen molar-refractivity contribution in [3.8, 4) is 11.1 Å². The van der Waals surface area contributed by atoms with E-state index in [9.17, 15) is 14.4 Å². The fourth-order valence-electron chi connectivity index (χ4n) is 1.79. The van der Waals surface area contributed by atoms with Crippen molar-refractivity contribution in [2.24, 2.45) is 0 Å². The first-order chi connectivity index (χ1) is 9.52. The molecule has 0 unspecified atom stereocenters. The van der Waals surface area contributed by atoms with Crippen LogP contribution in [-0.2, 0) is 0 Å². The number of aromatic amines is 1. The highest BCUT2D eigenvalue weighted by atomic mass is 16.4. The lowest BCUT2D eigenvalue weighted by molar-refractivity contribution is 0.0696. The molecule has 2 aromatic rings. The SMILES string of the molecule is CNC(=O)c1cccc(-c2cc(C(=O)O)c[nH]c2=O)c1. The van der Waals surface area contributed by atoms with Crippen LogP contribution in [0.4, 0.5) is 0 Å². The van der Waals surface area contributed by atoms with Crippen LogP contribution in [0.5, 0.6) is 0 Å². The summed E-state index contributed by atoms with van der Waals surface area (Å²) in [7, 11) is 1.51. The minimum Gasteiger partial charge on any atom is -0.478 e. The minimum atomic E-state index is -1.13. The Labute approximate surface area is 114 Å². The molecule has 1 aromatic carbocycles. The van der Waals surface area contributed by atoms with Crippen LogP contribution in [0.25, 0.3) is 11.1 Å². The van der Waals surface area contributed by atoms with Gasteiger partial charge in [-0.15, -0.1) is 0 Å². The quantitative estimate of drug-likeness (QED) is 0.779. The van der Waals surface area contributed by atoms with E-state index in [1.807, 2.05) is 0 Å². The van der Waals surface area contributed by atoms with E-state index in [1.54, 1.807) is 18.2 Å². The first kappa shape index (κ1) is 13.5. The Kier molecular flexibility index (Phi) is 3.65. The molecule has 1 heterocycles. The van der Waals surface area contributed by atoms with Gasteiger partial charge in [0.2, 0.25) is 0 Å². The van der Waals surface area contributed by atoms with E-state index in [0.29, 0.717) is 11.1 Å². The summed E-state index contributed by atoms with van der Waals surface area (Å²) in [5.41, 5.74) is 0.644. The maximum atomic E-state index is 11.8. The molecule has 102 valence electrons. The van der Waals surface area contributed by atoms with Crippen molar-refractivity contribution in [3.05, 3.63) is 58.0 Å². The third-order valence-corrected chi connectivity index (χ3v) is 2.81. The van der Waals surface area contributed by atoms with Crippen molar-refractivity contribution in [1.29, 1.82) is 0 Å². The number of carboxylic acid groups (broad SMARTS) is 1. The number of aromatic nitrogens is 1. The number of aromatic carboxylic acids is 1. The van der Waals surface area contributed by atoms with Gasteiger partial charge in [0.15, 0.2) is 0 Å². The number of H-pyrrole nitrogens is 1. The van der Waals surface area contributed by atoms with Crippen LogP contribution in [0.2, 0.25) is 0 Å². The molecule has 0 aliphatic carbocycles. The molecule has 0 fully saturated rings. The van der Waals surface area contributed by atoms with Gasteiger partial charge in [-0.25, -0.2) is 4.79 Å². The predicted molar refractivity (Wildman–Crippen MR) is 72.8 cm³/mol. The summed E-state index contributed by atoms with van der Waals surface area (Å²) in [6.45, 7) is 0. The largest absolute Gasteiger partial charge is 0.478 e. The van der Waals surface area contributed by atoms with E-state index in [1.165, 1.54) is 19.2 Å². The molecule has 0 spiro atoms. The van der Waals surface area contributed by atoms with Crippen LogP contribution >= 0.6 is 0 Å². The van der Waals surface area contributed by atoms with Gasteiger partial charge < -0.3 is 15.4 Å². The highest BCUT2D eigenvalue weighted by Gasteiger charge is 2.11. The molecule has 1 aromatic heterocycles. The van der Waals surface area contributed by atoms with Crippen molar-refractivity contribution in [3.63, 3.8) is 0 Å². The van der Waals surface area contributed by atoms with E-state index in [-0.39, 0.29) is 17.0 Å². The van der Waals surface area contributed by atoms with Crippen LogP contribution in [-0.4, -0.2) is 29.0 Å². The second kappa shape index (κ2) is 5.40. The number of hydrogen-bond acceptors (Lipinski definition) is 3. The number of hydrogen-bond donors (Lipinski definition) is 3. The number of carbonyl (C=O) groups is 2. The number of carbonyl (C=O) groups excluding carboxylic acids is 1. The van der Waals surface area contributed by atoms with Crippen molar-refractivity contribution in [2.45, 2.75) is 0 Å². The molecular weight excluding hydrogens is 260 g/mol. The first-order valence-electron chi connectivity index (χ1n) is 5.81. The molecular formula is C14H12N2O4. The summed E-state index contributed by atoms with van der Waals surface area (Å²) in [6.07, 6.45) is 1.14. The summed E-state index contributed by atoms with van der Waals surface area (Å²) in [6, 6.07) is 7.70. The maximum Gasteiger partial charge on any atom is 0.337 e. The van der Waals surface area contributed by atoms with E-state index in [0.717, 1.165) is 6.20 Å². The standard InChI is InChI=1S/C14H12N2O4/c1-15-12(17)9-4-2-3-8(5-9)11-6-10(14(19)20)7-16-13(11)18/h2-7H,1H3,(H,15,17)(H,16,18)(H,19,20). The zero-order valence-corrected chi connectivity index (χ0v) is 10.6. The molecule has 0 saturated heterocycles. The zero-order chi connectivity index (χ0) is 14.7. The predicted octanol–water partition coefficient (Wildman–Crippen LogP) is 1.10. The molecule has 6 nitrogen and oxygen atoms in total. The third kappa shape index (κ3) is 2.59. The number of carboxylic acids is 1. The average molecular weight is 272 g/mol. The monoisotopic (exact) mass is 272 g/mol. The average Bonchev–Trinajstić information content (AvgIpc) is 2.46. The smallest absolute Gasteiger partial charge is 0.337 e. The molecule has 20 heavy (non-hydrogen) atoms. The Balaban J connectivity index is 2.56. The summed E-state index contributed by atoms with van der Waals surface area (Å²) < 4.78 is 0. The van der Waals surface area contributed by atoms with Gasteiger partial charge in [-0.2, -0.15) is 0 Å². The van der Waals surface area contributed by atoms with Crippen LogP contribution in [0.1, 0.15) is 20.7 Å². The topological polar surface area (TPSA) is 99.3 Å². The molecule has 0 aliphatic rings. The highest BCUT2D eigenvalue weighted by Crippen LogP contribution is 2.18. The van der Waals surface area contributed by atoms with Crippen molar-refractivity contribution in [1.82, 2.24) is 10.3 Å². The normalized spacial score (nSPS) is 10.1. The first-order valence-corrected chi connectivity index (χ1v) is 5.81. The number of pyridine rings is 1.